The van der Waals surface area contributed by atoms with Gasteiger partial charge in [0.25, 0.3) is 11.5 Å². The highest BCUT2D eigenvalue weighted by Gasteiger charge is 2.34. The number of esters is 1. The Balaban J connectivity index is 1.16. The van der Waals surface area contributed by atoms with Crippen LogP contribution in [0.4, 0.5) is 15.8 Å². The van der Waals surface area contributed by atoms with Gasteiger partial charge in [0.05, 0.1) is 51.7 Å². The number of pyridine rings is 1. The second kappa shape index (κ2) is 14.5. The van der Waals surface area contributed by atoms with Gasteiger partial charge in [-0.15, -0.1) is 0 Å². The summed E-state index contributed by atoms with van der Waals surface area (Å²) < 4.78 is 37.2. The van der Waals surface area contributed by atoms with E-state index in [-0.39, 0.29) is 24.5 Å². The molecule has 0 bridgehead atoms. The summed E-state index contributed by atoms with van der Waals surface area (Å²) in [4.78, 5) is 56.7. The minimum absolute atomic E-state index is 0.0214. The van der Waals surface area contributed by atoms with E-state index in [1.807, 2.05) is 0 Å². The number of aryl methyl sites for hydroxylation is 1. The van der Waals surface area contributed by atoms with E-state index in [1.165, 1.54) is 53.5 Å². The molecule has 1 aliphatic heterocycles. The number of rotatable bonds is 11. The number of ether oxygens (including phenoxy) is 1. The SMILES string of the molecule is COC(=O)[C@H](Cc1ccc(-n2c(=O)c3ccncc3n(C)c2=O)cc1)NC(=O)c1ccc(NS2(c3ccc(N(N)/C=C\[NH-])cc3)OCO2)cc1F. The zero-order valence-electron chi connectivity index (χ0n) is 27.2. The maximum absolute atomic E-state index is 15.4. The number of aromatic nitrogens is 3. The molecule has 264 valence electrons. The van der Waals surface area contributed by atoms with E-state index in [1.54, 1.807) is 55.6 Å². The molecule has 0 saturated carbocycles. The number of halogens is 1. The first-order valence-electron chi connectivity index (χ1n) is 15.3. The van der Waals surface area contributed by atoms with Crippen LogP contribution < -0.4 is 32.1 Å². The lowest BCUT2D eigenvalue weighted by atomic mass is 10.0. The van der Waals surface area contributed by atoms with Gasteiger partial charge in [-0.05, 0) is 72.4 Å². The number of hydrogen-bond acceptors (Lipinski definition) is 11. The molecule has 0 radical (unpaired) electrons. The molecule has 0 aliphatic carbocycles. The Hall–Kier alpha value is -6.01. The van der Waals surface area contributed by atoms with Crippen LogP contribution >= 0.6 is 10.8 Å². The van der Waals surface area contributed by atoms with Crippen molar-refractivity contribution in [1.82, 2.24) is 19.4 Å². The van der Waals surface area contributed by atoms with Gasteiger partial charge >= 0.3 is 11.7 Å². The number of amides is 1. The van der Waals surface area contributed by atoms with Crippen LogP contribution in [0.3, 0.4) is 0 Å². The highest BCUT2D eigenvalue weighted by Crippen LogP contribution is 2.63. The normalized spacial score (nSPS) is 14.7. The third-order valence-corrected chi connectivity index (χ3v) is 10.3. The quantitative estimate of drug-likeness (QED) is 0.102. The van der Waals surface area contributed by atoms with Crippen molar-refractivity contribution < 1.29 is 27.1 Å². The molecule has 17 heteroatoms. The summed E-state index contributed by atoms with van der Waals surface area (Å²) in [6, 6.07) is 17.4. The number of nitrogens with zero attached hydrogens (tertiary/aromatic N) is 4. The van der Waals surface area contributed by atoms with Gasteiger partial charge in [0.2, 0.25) is 0 Å². The summed E-state index contributed by atoms with van der Waals surface area (Å²) in [6.45, 7) is 0.0214. The molecular formula is C34H32FN8O7S-. The lowest BCUT2D eigenvalue weighted by molar-refractivity contribution is -0.142. The maximum atomic E-state index is 15.4. The summed E-state index contributed by atoms with van der Waals surface area (Å²) in [5.41, 5.74) is 7.94. The van der Waals surface area contributed by atoms with E-state index in [4.69, 9.17) is 24.7 Å². The van der Waals surface area contributed by atoms with E-state index < -0.39 is 45.8 Å². The van der Waals surface area contributed by atoms with Crippen molar-refractivity contribution >= 4 is 44.9 Å². The number of nitrogens with one attached hydrogen (secondary N) is 3. The van der Waals surface area contributed by atoms with Crippen molar-refractivity contribution in [1.29, 1.82) is 0 Å². The lowest BCUT2D eigenvalue weighted by Gasteiger charge is -2.50. The Labute approximate surface area is 291 Å². The summed E-state index contributed by atoms with van der Waals surface area (Å²) >= 11 is 0. The molecule has 6 rings (SSSR count). The molecule has 0 spiro atoms. The van der Waals surface area contributed by atoms with Crippen molar-refractivity contribution in [3.8, 4) is 5.69 Å². The van der Waals surface area contributed by atoms with Crippen LogP contribution in [0.15, 0.2) is 112 Å². The maximum Gasteiger partial charge on any atom is 0.335 e. The van der Waals surface area contributed by atoms with Gasteiger partial charge in [0.15, 0.2) is 6.79 Å². The fourth-order valence-electron chi connectivity index (χ4n) is 5.39. The molecule has 1 saturated heterocycles. The molecule has 0 unspecified atom stereocenters. The number of fused-ring (bicyclic) bond motifs is 1. The standard InChI is InChI=1S/C34H32FN8O7S/c1-41-30-19-38-15-13-27(30)32(45)43(34(41)47)24-6-3-21(4-7-24)17-29(33(46)48-2)39-31(44)26-12-5-22(18-28(26)35)40-51(49-20-50-51)25-10-8-23(9-11-25)42(37)16-14-36/h3-16,18-19,29,36H,17,20,37H2,1-2H3,(H2,39,40,44)/q-1/b16-14-/t29-/m0/s1. The number of hydrogen-bond donors (Lipinski definition) is 3. The molecule has 1 atom stereocenters. The van der Waals surface area contributed by atoms with Crippen molar-refractivity contribution in [2.24, 2.45) is 12.9 Å². The zero-order chi connectivity index (χ0) is 36.3. The van der Waals surface area contributed by atoms with E-state index in [2.05, 4.69) is 15.0 Å². The molecule has 1 fully saturated rings. The third-order valence-electron chi connectivity index (χ3n) is 8.07. The van der Waals surface area contributed by atoms with Gasteiger partial charge in [0, 0.05) is 19.7 Å². The van der Waals surface area contributed by atoms with Crippen molar-refractivity contribution in [2.75, 3.05) is 23.6 Å². The topological polar surface area (TPSA) is 196 Å². The second-order valence-electron chi connectivity index (χ2n) is 11.2. The number of benzene rings is 3. The molecule has 5 aromatic rings. The average Bonchev–Trinajstić information content (AvgIpc) is 3.12. The minimum Gasteiger partial charge on any atom is -0.704 e. The van der Waals surface area contributed by atoms with E-state index in [9.17, 15) is 19.2 Å². The Bertz CT molecular complexity index is 2260. The summed E-state index contributed by atoms with van der Waals surface area (Å²) in [5, 5.41) is 4.13. The summed E-state index contributed by atoms with van der Waals surface area (Å²) in [7, 11) is 0.236. The molecule has 2 aromatic heterocycles. The average molecular weight is 716 g/mol. The van der Waals surface area contributed by atoms with E-state index >= 15 is 4.39 Å². The van der Waals surface area contributed by atoms with Gasteiger partial charge < -0.3 is 15.8 Å². The van der Waals surface area contributed by atoms with Gasteiger partial charge in [-0.1, -0.05) is 22.9 Å². The highest BCUT2D eigenvalue weighted by molar-refractivity contribution is 8.27. The number of anilines is 2. The number of carbonyl (C=O) groups is 2. The molecule has 5 N–H and O–H groups in total. The van der Waals surface area contributed by atoms with Crippen LogP contribution in [0.5, 0.6) is 0 Å². The molecule has 3 aromatic carbocycles. The van der Waals surface area contributed by atoms with E-state index in [0.717, 1.165) is 16.8 Å². The Kier molecular flexibility index (Phi) is 9.88. The third kappa shape index (κ3) is 6.90. The zero-order valence-corrected chi connectivity index (χ0v) is 28.1. The van der Waals surface area contributed by atoms with Crippen LogP contribution in [0.25, 0.3) is 22.3 Å². The summed E-state index contributed by atoms with van der Waals surface area (Å²) in [6.07, 6.45) is 5.30. The molecule has 15 nitrogen and oxygen atoms in total. The number of carbonyl (C=O) groups excluding carboxylic acids is 2. The van der Waals surface area contributed by atoms with Gasteiger partial charge in [-0.25, -0.2) is 32.8 Å². The lowest BCUT2D eigenvalue weighted by Crippen LogP contribution is -2.43. The number of hydrazine groups is 1. The fraction of sp³-hybridized carbons (Fsp3) is 0.147. The van der Waals surface area contributed by atoms with E-state index in [0.29, 0.717) is 32.7 Å². The predicted octanol–water partition coefficient (Wildman–Crippen LogP) is 3.97. The highest BCUT2D eigenvalue weighted by atomic mass is 32.3. The Morgan fingerprint density at radius 1 is 1.12 bits per heavy atom. The van der Waals surface area contributed by atoms with Gasteiger partial charge in [-0.2, -0.15) is 6.20 Å². The van der Waals surface area contributed by atoms with Crippen molar-refractivity contribution in [3.63, 3.8) is 0 Å². The Morgan fingerprint density at radius 3 is 2.47 bits per heavy atom. The first kappa shape index (κ1) is 34.8. The molecule has 51 heavy (non-hydrogen) atoms. The minimum atomic E-state index is -2.47. The smallest absolute Gasteiger partial charge is 0.335 e. The van der Waals surface area contributed by atoms with Crippen molar-refractivity contribution in [2.45, 2.75) is 17.4 Å². The molecular weight excluding hydrogens is 683 g/mol. The molecule has 1 aliphatic rings. The van der Waals surface area contributed by atoms with Crippen LogP contribution in [-0.4, -0.2) is 45.9 Å². The first-order valence-corrected chi connectivity index (χ1v) is 16.7. The Morgan fingerprint density at radius 2 is 1.84 bits per heavy atom. The predicted molar refractivity (Wildman–Crippen MR) is 189 cm³/mol. The second-order valence-corrected chi connectivity index (χ2v) is 13.3. The largest absolute Gasteiger partial charge is 0.704 e. The van der Waals surface area contributed by atoms with Gasteiger partial charge in [0.1, 0.15) is 11.9 Å². The monoisotopic (exact) mass is 715 g/mol. The fourth-order valence-corrected chi connectivity index (χ4v) is 7.12. The number of methoxy groups -OCH3 is 1. The molecule has 1 amide bonds. The van der Waals surface area contributed by atoms with Crippen LogP contribution in [-0.2, 0) is 31.4 Å². The van der Waals surface area contributed by atoms with Crippen LogP contribution in [0.1, 0.15) is 15.9 Å². The molecule has 3 heterocycles. The first-order chi connectivity index (χ1) is 24.5. The van der Waals surface area contributed by atoms with Crippen molar-refractivity contribution in [3.05, 3.63) is 141 Å². The number of nitrogens with two attached hydrogens (primary N) is 1. The summed E-state index contributed by atoms with van der Waals surface area (Å²) in [5.74, 6) is 3.39. The van der Waals surface area contributed by atoms with Crippen LogP contribution in [0, 0.1) is 5.82 Å². The van der Waals surface area contributed by atoms with Gasteiger partial charge in [-0.3, -0.25) is 28.9 Å². The van der Waals surface area contributed by atoms with Crippen LogP contribution in [0.2, 0.25) is 0 Å².